The Bertz CT molecular complexity index is 885. The Kier molecular flexibility index (Phi) is 5.30. The summed E-state index contributed by atoms with van der Waals surface area (Å²) in [7, 11) is 0. The van der Waals surface area contributed by atoms with Crippen LogP contribution in [-0.4, -0.2) is 28.5 Å². The zero-order valence-corrected chi connectivity index (χ0v) is 16.0. The largest absolute Gasteiger partial charge is 0.338 e. The maximum Gasteiger partial charge on any atom is 0.253 e. The van der Waals surface area contributed by atoms with Crippen molar-refractivity contribution in [3.8, 4) is 5.69 Å². The Balaban J connectivity index is 1.50. The molecular formula is C23H23ClN2O. The number of carbonyl (C=O) groups is 1. The molecule has 4 rings (SSSR count). The van der Waals surface area contributed by atoms with Gasteiger partial charge < -0.3 is 9.47 Å². The molecule has 1 fully saturated rings. The predicted molar refractivity (Wildman–Crippen MR) is 110 cm³/mol. The monoisotopic (exact) mass is 378 g/mol. The second kappa shape index (κ2) is 8.01. The number of benzene rings is 2. The number of carbonyl (C=O) groups excluding carboxylic acids is 1. The van der Waals surface area contributed by atoms with E-state index in [2.05, 4.69) is 12.1 Å². The summed E-state index contributed by atoms with van der Waals surface area (Å²) in [4.78, 5) is 15.1. The molecule has 2 heterocycles. The summed E-state index contributed by atoms with van der Waals surface area (Å²) in [6.45, 7) is 1.59. The van der Waals surface area contributed by atoms with Crippen molar-refractivity contribution in [2.75, 3.05) is 13.1 Å². The maximum atomic E-state index is 13.1. The van der Waals surface area contributed by atoms with Gasteiger partial charge in [-0.05, 0) is 66.9 Å². The maximum absolute atomic E-state index is 13.1. The summed E-state index contributed by atoms with van der Waals surface area (Å²) >= 11 is 6.03. The van der Waals surface area contributed by atoms with E-state index in [0.717, 1.165) is 48.6 Å². The third kappa shape index (κ3) is 4.09. The van der Waals surface area contributed by atoms with E-state index in [4.69, 9.17) is 11.6 Å². The number of halogens is 1. The molecule has 1 amide bonds. The van der Waals surface area contributed by atoms with Crippen molar-refractivity contribution in [2.24, 2.45) is 0 Å². The quantitative estimate of drug-likeness (QED) is 0.587. The Labute approximate surface area is 165 Å². The first-order valence-electron chi connectivity index (χ1n) is 9.49. The first-order chi connectivity index (χ1) is 13.2. The van der Waals surface area contributed by atoms with E-state index in [0.29, 0.717) is 5.92 Å². The van der Waals surface area contributed by atoms with Crippen molar-refractivity contribution >= 4 is 17.5 Å². The molecule has 0 saturated carbocycles. The van der Waals surface area contributed by atoms with Crippen LogP contribution < -0.4 is 0 Å². The molecule has 3 nitrogen and oxygen atoms in total. The first kappa shape index (κ1) is 17.9. The number of hydrogen-bond acceptors (Lipinski definition) is 1. The van der Waals surface area contributed by atoms with Crippen LogP contribution in [-0.2, 0) is 0 Å². The summed E-state index contributed by atoms with van der Waals surface area (Å²) in [6.07, 6.45) is 7.31. The number of nitrogens with zero attached hydrogens (tertiary/aromatic N) is 2. The topological polar surface area (TPSA) is 25.2 Å². The minimum absolute atomic E-state index is 0.120. The van der Waals surface area contributed by atoms with Gasteiger partial charge in [0.2, 0.25) is 0 Å². The molecule has 0 spiro atoms. The highest BCUT2D eigenvalue weighted by Gasteiger charge is 2.24. The Hall–Kier alpha value is -2.52. The molecule has 1 saturated heterocycles. The third-order valence-corrected chi connectivity index (χ3v) is 5.57. The fourth-order valence-corrected chi connectivity index (χ4v) is 3.92. The number of hydrogen-bond donors (Lipinski definition) is 0. The van der Waals surface area contributed by atoms with Crippen LogP contribution in [0, 0.1) is 0 Å². The molecule has 0 bridgehead atoms. The lowest BCUT2D eigenvalue weighted by Crippen LogP contribution is -2.34. The summed E-state index contributed by atoms with van der Waals surface area (Å²) in [5.41, 5.74) is 3.08. The van der Waals surface area contributed by atoms with Gasteiger partial charge in [0.15, 0.2) is 0 Å². The van der Waals surface area contributed by atoms with Gasteiger partial charge in [-0.25, -0.2) is 0 Å². The third-order valence-electron chi connectivity index (χ3n) is 5.32. The molecule has 1 atom stereocenters. The molecule has 0 aliphatic carbocycles. The molecule has 4 heteroatoms. The van der Waals surface area contributed by atoms with E-state index in [1.807, 2.05) is 70.4 Å². The minimum Gasteiger partial charge on any atom is -0.338 e. The van der Waals surface area contributed by atoms with Crippen LogP contribution in [0.2, 0.25) is 5.02 Å². The second-order valence-corrected chi connectivity index (χ2v) is 7.57. The standard InChI is InChI=1S/C23H23ClN2O/c24-21-10-6-18(7-11-21)20-5-1-2-16-26(17-20)23(27)19-8-12-22(13-9-19)25-14-3-4-15-25/h3-4,6-15,20H,1-2,5,16-17H2. The zero-order valence-electron chi connectivity index (χ0n) is 15.2. The van der Waals surface area contributed by atoms with Gasteiger partial charge in [-0.2, -0.15) is 0 Å². The molecule has 138 valence electrons. The van der Waals surface area contributed by atoms with Crippen molar-refractivity contribution in [3.05, 3.63) is 89.2 Å². The van der Waals surface area contributed by atoms with Crippen LogP contribution in [0.15, 0.2) is 73.1 Å². The van der Waals surface area contributed by atoms with Gasteiger partial charge in [0, 0.05) is 47.7 Å². The van der Waals surface area contributed by atoms with E-state index < -0.39 is 0 Å². The van der Waals surface area contributed by atoms with E-state index in [1.54, 1.807) is 0 Å². The van der Waals surface area contributed by atoms with Gasteiger partial charge in [0.05, 0.1) is 0 Å². The van der Waals surface area contributed by atoms with Crippen LogP contribution >= 0.6 is 11.6 Å². The molecule has 27 heavy (non-hydrogen) atoms. The molecule has 1 aliphatic heterocycles. The van der Waals surface area contributed by atoms with Gasteiger partial charge in [-0.3, -0.25) is 4.79 Å². The molecule has 1 aromatic heterocycles. The van der Waals surface area contributed by atoms with Crippen LogP contribution in [0.5, 0.6) is 0 Å². The van der Waals surface area contributed by atoms with Crippen LogP contribution in [0.3, 0.4) is 0 Å². The van der Waals surface area contributed by atoms with Crippen LogP contribution in [0.4, 0.5) is 0 Å². The van der Waals surface area contributed by atoms with E-state index >= 15 is 0 Å². The average Bonchev–Trinajstić information content (AvgIpc) is 3.13. The lowest BCUT2D eigenvalue weighted by atomic mass is 9.94. The predicted octanol–water partition coefficient (Wildman–Crippen LogP) is 5.54. The van der Waals surface area contributed by atoms with Crippen LogP contribution in [0.25, 0.3) is 5.69 Å². The summed E-state index contributed by atoms with van der Waals surface area (Å²) in [5.74, 6) is 0.489. The highest BCUT2D eigenvalue weighted by Crippen LogP contribution is 2.28. The summed E-state index contributed by atoms with van der Waals surface area (Å²) < 4.78 is 2.04. The second-order valence-electron chi connectivity index (χ2n) is 7.13. The van der Waals surface area contributed by atoms with Crippen molar-refractivity contribution in [1.29, 1.82) is 0 Å². The Morgan fingerprint density at radius 3 is 2.33 bits per heavy atom. The summed E-state index contributed by atoms with van der Waals surface area (Å²) in [5, 5.41) is 0.753. The van der Waals surface area contributed by atoms with Gasteiger partial charge in [-0.15, -0.1) is 0 Å². The number of amides is 1. The van der Waals surface area contributed by atoms with Gasteiger partial charge in [0.1, 0.15) is 0 Å². The minimum atomic E-state index is 0.120. The highest BCUT2D eigenvalue weighted by atomic mass is 35.5. The molecule has 3 aromatic rings. The normalized spacial score (nSPS) is 17.5. The van der Waals surface area contributed by atoms with Crippen molar-refractivity contribution < 1.29 is 4.79 Å². The van der Waals surface area contributed by atoms with Gasteiger partial charge in [-0.1, -0.05) is 30.2 Å². The SMILES string of the molecule is O=C(c1ccc(-n2cccc2)cc1)N1CCCCC(c2ccc(Cl)cc2)C1. The van der Waals surface area contributed by atoms with Crippen LogP contribution in [0.1, 0.15) is 41.1 Å². The van der Waals surface area contributed by atoms with E-state index in [-0.39, 0.29) is 5.91 Å². The molecule has 0 N–H and O–H groups in total. The highest BCUT2D eigenvalue weighted by molar-refractivity contribution is 6.30. The molecule has 1 aliphatic rings. The average molecular weight is 379 g/mol. The smallest absolute Gasteiger partial charge is 0.253 e. The van der Waals surface area contributed by atoms with E-state index in [1.165, 1.54) is 5.56 Å². The summed E-state index contributed by atoms with van der Waals surface area (Å²) in [6, 6.07) is 19.9. The van der Waals surface area contributed by atoms with Gasteiger partial charge in [0.25, 0.3) is 5.91 Å². The zero-order chi connectivity index (χ0) is 18.6. The van der Waals surface area contributed by atoms with Gasteiger partial charge >= 0.3 is 0 Å². The molecule has 0 radical (unpaired) electrons. The van der Waals surface area contributed by atoms with Crippen molar-refractivity contribution in [1.82, 2.24) is 9.47 Å². The molecule has 1 unspecified atom stereocenters. The Morgan fingerprint density at radius 2 is 1.63 bits per heavy atom. The van der Waals surface area contributed by atoms with Crippen molar-refractivity contribution in [3.63, 3.8) is 0 Å². The van der Waals surface area contributed by atoms with Crippen molar-refractivity contribution in [2.45, 2.75) is 25.2 Å². The fourth-order valence-electron chi connectivity index (χ4n) is 3.80. The molecular weight excluding hydrogens is 356 g/mol. The van der Waals surface area contributed by atoms with E-state index in [9.17, 15) is 4.79 Å². The Morgan fingerprint density at radius 1 is 0.926 bits per heavy atom. The molecule has 2 aromatic carbocycles. The number of rotatable bonds is 3. The number of aromatic nitrogens is 1. The lowest BCUT2D eigenvalue weighted by Gasteiger charge is -2.25. The number of likely N-dealkylation sites (tertiary alicyclic amines) is 1. The fraction of sp³-hybridized carbons (Fsp3) is 0.261. The lowest BCUT2D eigenvalue weighted by molar-refractivity contribution is 0.0754. The first-order valence-corrected chi connectivity index (χ1v) is 9.87.